The number of rotatable bonds is 3. The first-order valence-corrected chi connectivity index (χ1v) is 6.64. The minimum Gasteiger partial charge on any atom is -0.456 e. The maximum absolute atomic E-state index is 6.22. The largest absolute Gasteiger partial charge is 0.456 e. The Labute approximate surface area is 119 Å². The van der Waals surface area contributed by atoms with E-state index >= 15 is 0 Å². The third-order valence-corrected chi connectivity index (χ3v) is 3.20. The molecule has 19 heavy (non-hydrogen) atoms. The molecule has 0 aromatic heterocycles. The van der Waals surface area contributed by atoms with E-state index in [0.717, 1.165) is 11.3 Å². The van der Waals surface area contributed by atoms with Gasteiger partial charge in [-0.1, -0.05) is 23.7 Å². The minimum atomic E-state index is -0.0345. The van der Waals surface area contributed by atoms with Crippen molar-refractivity contribution in [2.45, 2.75) is 26.8 Å². The van der Waals surface area contributed by atoms with E-state index in [0.29, 0.717) is 10.8 Å². The Hall–Kier alpha value is -1.51. The molecular formula is C16H18ClNO. The Bertz CT molecular complexity index is 573. The number of ether oxygens (including phenoxy) is 1. The van der Waals surface area contributed by atoms with Crippen molar-refractivity contribution in [3.63, 3.8) is 0 Å². The van der Waals surface area contributed by atoms with Gasteiger partial charge in [0.2, 0.25) is 0 Å². The number of benzene rings is 2. The summed E-state index contributed by atoms with van der Waals surface area (Å²) in [5.74, 6) is 1.45. The molecule has 0 bridgehead atoms. The summed E-state index contributed by atoms with van der Waals surface area (Å²) in [6.07, 6.45) is 0. The number of halogens is 1. The molecule has 0 saturated heterocycles. The van der Waals surface area contributed by atoms with Crippen molar-refractivity contribution in [3.05, 3.63) is 58.1 Å². The minimum absolute atomic E-state index is 0.0345. The Morgan fingerprint density at radius 1 is 1.05 bits per heavy atom. The first-order valence-electron chi connectivity index (χ1n) is 6.27. The smallest absolute Gasteiger partial charge is 0.146 e. The van der Waals surface area contributed by atoms with Crippen molar-refractivity contribution in [1.82, 2.24) is 0 Å². The van der Waals surface area contributed by atoms with Crippen LogP contribution in [-0.4, -0.2) is 0 Å². The summed E-state index contributed by atoms with van der Waals surface area (Å²) >= 11 is 6.22. The third kappa shape index (κ3) is 3.49. The van der Waals surface area contributed by atoms with Crippen LogP contribution >= 0.6 is 11.6 Å². The highest BCUT2D eigenvalue weighted by Gasteiger charge is 2.07. The Morgan fingerprint density at radius 3 is 2.21 bits per heavy atom. The van der Waals surface area contributed by atoms with Crippen molar-refractivity contribution in [2.75, 3.05) is 0 Å². The zero-order chi connectivity index (χ0) is 14.0. The number of nitrogens with two attached hydrogens (primary N) is 1. The molecule has 2 aromatic rings. The molecule has 2 rings (SSSR count). The molecule has 2 aromatic carbocycles. The van der Waals surface area contributed by atoms with E-state index in [4.69, 9.17) is 22.1 Å². The molecule has 0 saturated carbocycles. The molecule has 0 unspecified atom stereocenters. The first kappa shape index (κ1) is 13.9. The second-order valence-corrected chi connectivity index (χ2v) is 5.31. The quantitative estimate of drug-likeness (QED) is 0.876. The summed E-state index contributed by atoms with van der Waals surface area (Å²) in [6, 6.07) is 11.7. The molecule has 0 radical (unpaired) electrons. The molecule has 100 valence electrons. The number of aryl methyl sites for hydroxylation is 2. The number of hydrogen-bond donors (Lipinski definition) is 1. The Kier molecular flexibility index (Phi) is 4.13. The maximum Gasteiger partial charge on any atom is 0.146 e. The Balaban J connectivity index is 2.28. The van der Waals surface area contributed by atoms with Gasteiger partial charge in [-0.25, -0.2) is 0 Å². The summed E-state index contributed by atoms with van der Waals surface area (Å²) < 4.78 is 5.83. The van der Waals surface area contributed by atoms with E-state index in [-0.39, 0.29) is 6.04 Å². The summed E-state index contributed by atoms with van der Waals surface area (Å²) in [5, 5.41) is 0.578. The zero-order valence-corrected chi connectivity index (χ0v) is 12.2. The predicted octanol–water partition coefficient (Wildman–Crippen LogP) is 4.77. The lowest BCUT2D eigenvalue weighted by Crippen LogP contribution is -2.04. The van der Waals surface area contributed by atoms with Gasteiger partial charge < -0.3 is 10.5 Å². The third-order valence-electron chi connectivity index (χ3n) is 2.90. The Morgan fingerprint density at radius 2 is 1.68 bits per heavy atom. The number of hydrogen-bond acceptors (Lipinski definition) is 2. The summed E-state index contributed by atoms with van der Waals surface area (Å²) in [5.41, 5.74) is 9.15. The van der Waals surface area contributed by atoms with E-state index in [1.54, 1.807) is 0 Å². The van der Waals surface area contributed by atoms with E-state index in [9.17, 15) is 0 Å². The normalized spacial score (nSPS) is 12.3. The monoisotopic (exact) mass is 275 g/mol. The second-order valence-electron chi connectivity index (χ2n) is 4.90. The molecule has 3 heteroatoms. The molecule has 0 aliphatic carbocycles. The van der Waals surface area contributed by atoms with Crippen molar-refractivity contribution >= 4 is 11.6 Å². The molecule has 0 amide bonds. The molecule has 2 N–H and O–H groups in total. The molecule has 0 aliphatic rings. The molecular weight excluding hydrogens is 258 g/mol. The standard InChI is InChI=1S/C16H18ClNO/c1-10-6-11(2)8-14(7-10)19-16-5-4-13(12(3)18)9-15(16)17/h4-9,12H,18H2,1-3H3/t12-/m0/s1. The van der Waals surface area contributed by atoms with Crippen molar-refractivity contribution in [2.24, 2.45) is 5.73 Å². The first-order chi connectivity index (χ1) is 8.95. The predicted molar refractivity (Wildman–Crippen MR) is 80.0 cm³/mol. The fraction of sp³-hybridized carbons (Fsp3) is 0.250. The van der Waals surface area contributed by atoms with E-state index in [2.05, 4.69) is 6.07 Å². The van der Waals surface area contributed by atoms with Crippen LogP contribution in [0.2, 0.25) is 5.02 Å². The van der Waals surface area contributed by atoms with Crippen LogP contribution in [0.5, 0.6) is 11.5 Å². The highest BCUT2D eigenvalue weighted by molar-refractivity contribution is 6.32. The van der Waals surface area contributed by atoms with Gasteiger partial charge in [-0.3, -0.25) is 0 Å². The fourth-order valence-electron chi connectivity index (χ4n) is 2.00. The van der Waals surface area contributed by atoms with Crippen molar-refractivity contribution in [3.8, 4) is 11.5 Å². The van der Waals surface area contributed by atoms with Crippen LogP contribution in [0.3, 0.4) is 0 Å². The highest BCUT2D eigenvalue weighted by Crippen LogP contribution is 2.32. The van der Waals surface area contributed by atoms with Gasteiger partial charge >= 0.3 is 0 Å². The molecule has 0 aliphatic heterocycles. The van der Waals surface area contributed by atoms with Gasteiger partial charge in [0.25, 0.3) is 0 Å². The fourth-order valence-corrected chi connectivity index (χ4v) is 2.23. The molecule has 0 heterocycles. The van der Waals surface area contributed by atoms with Crippen LogP contribution in [-0.2, 0) is 0 Å². The van der Waals surface area contributed by atoms with Gasteiger partial charge in [0.1, 0.15) is 11.5 Å². The van der Waals surface area contributed by atoms with Crippen LogP contribution in [0.25, 0.3) is 0 Å². The van der Waals surface area contributed by atoms with Gasteiger partial charge in [-0.2, -0.15) is 0 Å². The average molecular weight is 276 g/mol. The van der Waals surface area contributed by atoms with E-state index < -0.39 is 0 Å². The lowest BCUT2D eigenvalue weighted by atomic mass is 10.1. The average Bonchev–Trinajstić information content (AvgIpc) is 2.30. The molecule has 0 spiro atoms. The van der Waals surface area contributed by atoms with Gasteiger partial charge in [-0.15, -0.1) is 0 Å². The van der Waals surface area contributed by atoms with Gasteiger partial charge in [0.05, 0.1) is 5.02 Å². The van der Waals surface area contributed by atoms with Crippen LogP contribution in [0.15, 0.2) is 36.4 Å². The summed E-state index contributed by atoms with van der Waals surface area (Å²) in [6.45, 7) is 6.01. The maximum atomic E-state index is 6.22. The SMILES string of the molecule is Cc1cc(C)cc(Oc2ccc([C@H](C)N)cc2Cl)c1. The van der Waals surface area contributed by atoms with E-state index in [1.165, 1.54) is 11.1 Å². The van der Waals surface area contributed by atoms with Crippen molar-refractivity contribution in [1.29, 1.82) is 0 Å². The van der Waals surface area contributed by atoms with Gasteiger partial charge in [0, 0.05) is 6.04 Å². The van der Waals surface area contributed by atoms with Crippen molar-refractivity contribution < 1.29 is 4.74 Å². The van der Waals surface area contributed by atoms with Gasteiger partial charge in [0.15, 0.2) is 0 Å². The van der Waals surface area contributed by atoms with Crippen LogP contribution in [0, 0.1) is 13.8 Å². The van der Waals surface area contributed by atoms with Gasteiger partial charge in [-0.05, 0) is 61.7 Å². The highest BCUT2D eigenvalue weighted by atomic mass is 35.5. The molecule has 2 nitrogen and oxygen atoms in total. The molecule has 1 atom stereocenters. The summed E-state index contributed by atoms with van der Waals surface area (Å²) in [4.78, 5) is 0. The van der Waals surface area contributed by atoms with E-state index in [1.807, 2.05) is 51.1 Å². The molecule has 0 fully saturated rings. The van der Waals surface area contributed by atoms with Crippen LogP contribution in [0.1, 0.15) is 29.7 Å². The van der Waals surface area contributed by atoms with Crippen LogP contribution < -0.4 is 10.5 Å². The lowest BCUT2D eigenvalue weighted by Gasteiger charge is -2.12. The second kappa shape index (κ2) is 5.64. The zero-order valence-electron chi connectivity index (χ0n) is 11.4. The topological polar surface area (TPSA) is 35.2 Å². The lowest BCUT2D eigenvalue weighted by molar-refractivity contribution is 0.481. The van der Waals surface area contributed by atoms with Crippen LogP contribution in [0.4, 0.5) is 0 Å². The summed E-state index contributed by atoms with van der Waals surface area (Å²) in [7, 11) is 0.